The van der Waals surface area contributed by atoms with Crippen molar-refractivity contribution in [2.24, 2.45) is 0 Å². The lowest BCUT2D eigenvalue weighted by Gasteiger charge is -2.20. The number of nitrogens with zero attached hydrogens (tertiary/aromatic N) is 1. The molecule has 0 spiro atoms. The highest BCUT2D eigenvalue weighted by molar-refractivity contribution is 5.83. The van der Waals surface area contributed by atoms with Crippen LogP contribution in [0.2, 0.25) is 0 Å². The standard InChI is InChI=1S/C13H16N2O4/c16-10-6-7-15(8-10)13(19)14-11(12(17)18)9-4-2-1-3-5-9/h1-5,10-11,16H,6-8H2,(H,14,19)(H,17,18)/t10?,11-/m0/s1. The Hall–Kier alpha value is -2.08. The highest BCUT2D eigenvalue weighted by atomic mass is 16.4. The lowest BCUT2D eigenvalue weighted by Crippen LogP contribution is -2.43. The number of hydrogen-bond acceptors (Lipinski definition) is 3. The molecule has 0 aromatic heterocycles. The number of likely N-dealkylation sites (tertiary alicyclic amines) is 1. The summed E-state index contributed by atoms with van der Waals surface area (Å²) in [6.07, 6.45) is 0.00185. The third-order valence-corrected chi connectivity index (χ3v) is 3.10. The van der Waals surface area contributed by atoms with Crippen molar-refractivity contribution >= 4 is 12.0 Å². The van der Waals surface area contributed by atoms with E-state index in [4.69, 9.17) is 0 Å². The number of aliphatic hydroxyl groups is 1. The first-order chi connectivity index (χ1) is 9.08. The molecule has 3 N–H and O–H groups in total. The molecule has 1 aliphatic heterocycles. The van der Waals surface area contributed by atoms with Gasteiger partial charge in [0, 0.05) is 13.1 Å². The molecule has 1 aromatic rings. The number of amides is 2. The summed E-state index contributed by atoms with van der Waals surface area (Å²) in [5, 5.41) is 21.0. The Morgan fingerprint density at radius 2 is 2.00 bits per heavy atom. The molecule has 102 valence electrons. The Bertz CT molecular complexity index is 463. The molecule has 2 amide bonds. The molecule has 19 heavy (non-hydrogen) atoms. The van der Waals surface area contributed by atoms with Crippen LogP contribution in [-0.4, -0.2) is 46.3 Å². The van der Waals surface area contributed by atoms with Crippen LogP contribution >= 0.6 is 0 Å². The lowest BCUT2D eigenvalue weighted by atomic mass is 10.1. The summed E-state index contributed by atoms with van der Waals surface area (Å²) in [5.41, 5.74) is 0.517. The van der Waals surface area contributed by atoms with Crippen LogP contribution in [0.3, 0.4) is 0 Å². The van der Waals surface area contributed by atoms with Crippen LogP contribution in [0.1, 0.15) is 18.0 Å². The van der Waals surface area contributed by atoms with Crippen LogP contribution in [0.15, 0.2) is 30.3 Å². The molecular weight excluding hydrogens is 248 g/mol. The molecule has 1 fully saturated rings. The van der Waals surface area contributed by atoms with E-state index in [1.807, 2.05) is 0 Å². The first-order valence-corrected chi connectivity index (χ1v) is 6.09. The normalized spacial score (nSPS) is 20.1. The van der Waals surface area contributed by atoms with E-state index < -0.39 is 24.1 Å². The summed E-state index contributed by atoms with van der Waals surface area (Å²) in [5.74, 6) is -1.11. The quantitative estimate of drug-likeness (QED) is 0.745. The third kappa shape index (κ3) is 3.23. The molecule has 1 aromatic carbocycles. The van der Waals surface area contributed by atoms with Crippen molar-refractivity contribution in [3.05, 3.63) is 35.9 Å². The van der Waals surface area contributed by atoms with Gasteiger partial charge >= 0.3 is 12.0 Å². The fraction of sp³-hybridized carbons (Fsp3) is 0.385. The predicted octanol–water partition coefficient (Wildman–Crippen LogP) is 0.588. The van der Waals surface area contributed by atoms with Gasteiger partial charge in [-0.05, 0) is 12.0 Å². The number of aliphatic carboxylic acids is 1. The number of rotatable bonds is 3. The monoisotopic (exact) mass is 264 g/mol. The average Bonchev–Trinajstić information content (AvgIpc) is 2.83. The van der Waals surface area contributed by atoms with Gasteiger partial charge in [0.15, 0.2) is 6.04 Å². The molecule has 0 bridgehead atoms. The topological polar surface area (TPSA) is 89.9 Å². The van der Waals surface area contributed by atoms with E-state index in [0.29, 0.717) is 18.5 Å². The van der Waals surface area contributed by atoms with Crippen molar-refractivity contribution in [3.63, 3.8) is 0 Å². The first kappa shape index (κ1) is 13.4. The van der Waals surface area contributed by atoms with Crippen LogP contribution in [0.25, 0.3) is 0 Å². The minimum absolute atomic E-state index is 0.243. The number of β-amino-alcohol motifs (C(OH)–C–C–N with tert-alkyl or cyclic N) is 1. The van der Waals surface area contributed by atoms with Crippen LogP contribution < -0.4 is 5.32 Å². The Morgan fingerprint density at radius 1 is 1.32 bits per heavy atom. The van der Waals surface area contributed by atoms with Gasteiger partial charge in [0.25, 0.3) is 0 Å². The molecule has 6 heteroatoms. The zero-order valence-corrected chi connectivity index (χ0v) is 10.3. The number of nitrogens with one attached hydrogen (secondary N) is 1. The number of carbonyl (C=O) groups is 2. The van der Waals surface area contributed by atoms with E-state index in [2.05, 4.69) is 5.32 Å². The van der Waals surface area contributed by atoms with Gasteiger partial charge in [0.1, 0.15) is 0 Å². The van der Waals surface area contributed by atoms with Crippen molar-refractivity contribution in [1.82, 2.24) is 10.2 Å². The van der Waals surface area contributed by atoms with Gasteiger partial charge in [0.05, 0.1) is 6.10 Å². The van der Waals surface area contributed by atoms with Crippen molar-refractivity contribution in [2.75, 3.05) is 13.1 Å². The molecule has 0 saturated carbocycles. The second-order valence-electron chi connectivity index (χ2n) is 4.52. The Morgan fingerprint density at radius 3 is 2.53 bits per heavy atom. The average molecular weight is 264 g/mol. The lowest BCUT2D eigenvalue weighted by molar-refractivity contribution is -0.139. The van der Waals surface area contributed by atoms with E-state index in [9.17, 15) is 19.8 Å². The number of carboxylic acid groups (broad SMARTS) is 1. The molecule has 0 radical (unpaired) electrons. The molecule has 1 aliphatic rings. The van der Waals surface area contributed by atoms with Crippen molar-refractivity contribution in [1.29, 1.82) is 0 Å². The van der Waals surface area contributed by atoms with E-state index in [1.54, 1.807) is 30.3 Å². The first-order valence-electron chi connectivity index (χ1n) is 6.09. The van der Waals surface area contributed by atoms with Gasteiger partial charge in [-0.15, -0.1) is 0 Å². The Kier molecular flexibility index (Phi) is 4.01. The second kappa shape index (κ2) is 5.71. The Balaban J connectivity index is 2.05. The van der Waals surface area contributed by atoms with E-state index in [-0.39, 0.29) is 6.54 Å². The summed E-state index contributed by atoms with van der Waals surface area (Å²) in [4.78, 5) is 24.6. The summed E-state index contributed by atoms with van der Waals surface area (Å²) < 4.78 is 0. The molecule has 1 saturated heterocycles. The van der Waals surface area contributed by atoms with E-state index in [1.165, 1.54) is 4.90 Å². The fourth-order valence-electron chi connectivity index (χ4n) is 2.07. The molecule has 6 nitrogen and oxygen atoms in total. The van der Waals surface area contributed by atoms with Gasteiger partial charge in [-0.1, -0.05) is 30.3 Å². The second-order valence-corrected chi connectivity index (χ2v) is 4.52. The molecule has 1 heterocycles. The van der Waals surface area contributed by atoms with Crippen LogP contribution in [-0.2, 0) is 4.79 Å². The van der Waals surface area contributed by atoms with Gasteiger partial charge < -0.3 is 20.4 Å². The van der Waals surface area contributed by atoms with Crippen molar-refractivity contribution in [2.45, 2.75) is 18.6 Å². The number of aliphatic hydroxyl groups excluding tert-OH is 1. The number of hydrogen-bond donors (Lipinski definition) is 3. The third-order valence-electron chi connectivity index (χ3n) is 3.10. The van der Waals surface area contributed by atoms with Crippen LogP contribution in [0, 0.1) is 0 Å². The van der Waals surface area contributed by atoms with Gasteiger partial charge in [0.2, 0.25) is 0 Å². The zero-order chi connectivity index (χ0) is 13.8. The minimum Gasteiger partial charge on any atom is -0.479 e. The Labute approximate surface area is 110 Å². The SMILES string of the molecule is O=C(O)[C@@H](NC(=O)N1CCC(O)C1)c1ccccc1. The summed E-state index contributed by atoms with van der Waals surface area (Å²) in [6, 6.07) is 6.98. The molecular formula is C13H16N2O4. The summed E-state index contributed by atoms with van der Waals surface area (Å²) in [6.45, 7) is 0.682. The van der Waals surface area contributed by atoms with E-state index >= 15 is 0 Å². The maximum Gasteiger partial charge on any atom is 0.330 e. The molecule has 2 rings (SSSR count). The molecule has 1 unspecified atom stereocenters. The number of benzene rings is 1. The van der Waals surface area contributed by atoms with Gasteiger partial charge in [-0.25, -0.2) is 9.59 Å². The van der Waals surface area contributed by atoms with Gasteiger partial charge in [-0.2, -0.15) is 0 Å². The fourth-order valence-corrected chi connectivity index (χ4v) is 2.07. The maximum absolute atomic E-state index is 11.9. The molecule has 0 aliphatic carbocycles. The highest BCUT2D eigenvalue weighted by Crippen LogP contribution is 2.15. The minimum atomic E-state index is -1.11. The van der Waals surface area contributed by atoms with Crippen molar-refractivity contribution in [3.8, 4) is 0 Å². The smallest absolute Gasteiger partial charge is 0.330 e. The predicted molar refractivity (Wildman–Crippen MR) is 67.5 cm³/mol. The zero-order valence-electron chi connectivity index (χ0n) is 10.3. The molecule has 2 atom stereocenters. The number of carboxylic acids is 1. The van der Waals surface area contributed by atoms with Crippen molar-refractivity contribution < 1.29 is 19.8 Å². The maximum atomic E-state index is 11.9. The largest absolute Gasteiger partial charge is 0.479 e. The van der Waals surface area contributed by atoms with Crippen LogP contribution in [0.4, 0.5) is 4.79 Å². The van der Waals surface area contributed by atoms with E-state index in [0.717, 1.165) is 0 Å². The number of carbonyl (C=O) groups excluding carboxylic acids is 1. The van der Waals surface area contributed by atoms with Gasteiger partial charge in [-0.3, -0.25) is 0 Å². The number of urea groups is 1. The van der Waals surface area contributed by atoms with Crippen LogP contribution in [0.5, 0.6) is 0 Å². The highest BCUT2D eigenvalue weighted by Gasteiger charge is 2.28. The summed E-state index contributed by atoms with van der Waals surface area (Å²) >= 11 is 0. The summed E-state index contributed by atoms with van der Waals surface area (Å²) in [7, 11) is 0.